The normalized spacial score (nSPS) is 14.9. The highest BCUT2D eigenvalue weighted by Gasteiger charge is 2.29. The average molecular weight is 349 g/mol. The maximum atomic E-state index is 12.5. The molecule has 2 amide bonds. The van der Waals surface area contributed by atoms with Gasteiger partial charge >= 0.3 is 0 Å². The Morgan fingerprint density at radius 3 is 2.69 bits per heavy atom. The topological polar surface area (TPSA) is 114 Å². The molecule has 0 aliphatic heterocycles. The van der Waals surface area contributed by atoms with Gasteiger partial charge in [-0.05, 0) is 42.7 Å². The van der Waals surface area contributed by atoms with Crippen molar-refractivity contribution in [1.82, 2.24) is 20.3 Å². The SMILES string of the molecule is NC(=O)[C@H](CC1CC1)NC(=O)c1ccc2nc(-c3ccncc3)[nH]c2c1. The number of hydrogen-bond donors (Lipinski definition) is 3. The number of imidazole rings is 1. The number of amides is 2. The summed E-state index contributed by atoms with van der Waals surface area (Å²) in [5, 5.41) is 2.75. The van der Waals surface area contributed by atoms with E-state index in [4.69, 9.17) is 5.73 Å². The molecule has 132 valence electrons. The Kier molecular flexibility index (Phi) is 4.12. The molecule has 0 radical (unpaired) electrons. The maximum Gasteiger partial charge on any atom is 0.252 e. The number of nitrogens with one attached hydrogen (secondary N) is 2. The molecule has 0 bridgehead atoms. The highest BCUT2D eigenvalue weighted by molar-refractivity contribution is 5.99. The number of fused-ring (bicyclic) bond motifs is 1. The van der Waals surface area contributed by atoms with E-state index < -0.39 is 11.9 Å². The second kappa shape index (κ2) is 6.59. The zero-order valence-electron chi connectivity index (χ0n) is 14.1. The monoisotopic (exact) mass is 349 g/mol. The van der Waals surface area contributed by atoms with Crippen molar-refractivity contribution in [2.24, 2.45) is 11.7 Å². The van der Waals surface area contributed by atoms with Crippen LogP contribution in [-0.2, 0) is 4.79 Å². The molecule has 2 heterocycles. The lowest BCUT2D eigenvalue weighted by atomic mass is 10.1. The summed E-state index contributed by atoms with van der Waals surface area (Å²) in [6.45, 7) is 0. The molecular formula is C19H19N5O2. The molecule has 4 N–H and O–H groups in total. The van der Waals surface area contributed by atoms with E-state index >= 15 is 0 Å². The van der Waals surface area contributed by atoms with E-state index in [2.05, 4.69) is 20.3 Å². The number of pyridine rings is 1. The summed E-state index contributed by atoms with van der Waals surface area (Å²) in [5.74, 6) is 0.402. The van der Waals surface area contributed by atoms with Gasteiger partial charge in [0.25, 0.3) is 5.91 Å². The van der Waals surface area contributed by atoms with E-state index in [9.17, 15) is 9.59 Å². The Hall–Kier alpha value is -3.22. The molecule has 0 saturated heterocycles. The molecule has 1 atom stereocenters. The Bertz CT molecular complexity index is 962. The first-order valence-corrected chi connectivity index (χ1v) is 8.60. The van der Waals surface area contributed by atoms with Gasteiger partial charge in [-0.2, -0.15) is 0 Å². The predicted octanol–water partition coefficient (Wildman–Crippen LogP) is 2.01. The van der Waals surface area contributed by atoms with E-state index in [1.165, 1.54) is 0 Å². The Morgan fingerprint density at radius 1 is 1.23 bits per heavy atom. The molecule has 1 aliphatic carbocycles. The van der Waals surface area contributed by atoms with Crippen molar-refractivity contribution >= 4 is 22.8 Å². The van der Waals surface area contributed by atoms with Gasteiger partial charge in [0.05, 0.1) is 11.0 Å². The average Bonchev–Trinajstić information content (AvgIpc) is 3.36. The molecule has 1 saturated carbocycles. The summed E-state index contributed by atoms with van der Waals surface area (Å²) in [5.41, 5.74) is 8.32. The van der Waals surface area contributed by atoms with Crippen molar-refractivity contribution in [2.45, 2.75) is 25.3 Å². The number of aromatic nitrogens is 3. The molecular weight excluding hydrogens is 330 g/mol. The van der Waals surface area contributed by atoms with Crippen LogP contribution in [0.2, 0.25) is 0 Å². The van der Waals surface area contributed by atoms with Crippen LogP contribution in [0.15, 0.2) is 42.7 Å². The number of benzene rings is 1. The number of nitrogens with two attached hydrogens (primary N) is 1. The van der Waals surface area contributed by atoms with Gasteiger partial charge in [0.1, 0.15) is 11.9 Å². The molecule has 2 aromatic heterocycles. The zero-order chi connectivity index (χ0) is 18.1. The number of carbonyl (C=O) groups excluding carboxylic acids is 2. The quantitative estimate of drug-likeness (QED) is 0.631. The van der Waals surface area contributed by atoms with Crippen LogP contribution in [-0.4, -0.2) is 32.8 Å². The van der Waals surface area contributed by atoms with Crippen LogP contribution in [0.4, 0.5) is 0 Å². The second-order valence-electron chi connectivity index (χ2n) is 6.66. The van der Waals surface area contributed by atoms with Gasteiger partial charge in [-0.15, -0.1) is 0 Å². The van der Waals surface area contributed by atoms with Crippen molar-refractivity contribution in [1.29, 1.82) is 0 Å². The molecule has 1 aromatic carbocycles. The maximum absolute atomic E-state index is 12.5. The number of H-pyrrole nitrogens is 1. The number of hydrogen-bond acceptors (Lipinski definition) is 4. The number of nitrogens with zero attached hydrogens (tertiary/aromatic N) is 2. The Labute approximate surface area is 150 Å². The third-order valence-electron chi connectivity index (χ3n) is 4.61. The molecule has 1 fully saturated rings. The summed E-state index contributed by atoms with van der Waals surface area (Å²) in [4.78, 5) is 35.9. The number of aromatic amines is 1. The lowest BCUT2D eigenvalue weighted by molar-refractivity contribution is -0.120. The molecule has 7 nitrogen and oxygen atoms in total. The van der Waals surface area contributed by atoms with Crippen LogP contribution in [0.3, 0.4) is 0 Å². The van der Waals surface area contributed by atoms with Gasteiger partial charge in [0.15, 0.2) is 0 Å². The zero-order valence-corrected chi connectivity index (χ0v) is 14.1. The van der Waals surface area contributed by atoms with E-state index in [-0.39, 0.29) is 5.91 Å². The fourth-order valence-corrected chi connectivity index (χ4v) is 2.97. The minimum absolute atomic E-state index is 0.309. The minimum Gasteiger partial charge on any atom is -0.368 e. The standard InChI is InChI=1S/C19H19N5O2/c20-17(25)16(9-11-1-2-11)24-19(26)13-3-4-14-15(10-13)23-18(22-14)12-5-7-21-8-6-12/h3-8,10-11,16H,1-2,9H2,(H2,20,25)(H,22,23)(H,24,26)/t16-/m0/s1. The van der Waals surface area contributed by atoms with Crippen molar-refractivity contribution in [3.63, 3.8) is 0 Å². The number of rotatable bonds is 6. The summed E-state index contributed by atoms with van der Waals surface area (Å²) < 4.78 is 0. The van der Waals surface area contributed by atoms with E-state index in [1.54, 1.807) is 30.6 Å². The minimum atomic E-state index is -0.625. The van der Waals surface area contributed by atoms with Gasteiger partial charge in [-0.1, -0.05) is 12.8 Å². The summed E-state index contributed by atoms with van der Waals surface area (Å²) in [6.07, 6.45) is 6.20. The van der Waals surface area contributed by atoms with Crippen LogP contribution in [0.5, 0.6) is 0 Å². The first-order chi connectivity index (χ1) is 12.6. The number of carbonyl (C=O) groups is 2. The van der Waals surface area contributed by atoms with Gasteiger partial charge in [-0.3, -0.25) is 14.6 Å². The third kappa shape index (κ3) is 3.42. The molecule has 0 unspecified atom stereocenters. The molecule has 1 aliphatic rings. The predicted molar refractivity (Wildman–Crippen MR) is 97.1 cm³/mol. The Morgan fingerprint density at radius 2 is 2.00 bits per heavy atom. The molecule has 0 spiro atoms. The van der Waals surface area contributed by atoms with E-state index in [0.29, 0.717) is 23.7 Å². The van der Waals surface area contributed by atoms with E-state index in [0.717, 1.165) is 29.4 Å². The lowest BCUT2D eigenvalue weighted by Gasteiger charge is -2.15. The smallest absolute Gasteiger partial charge is 0.252 e. The highest BCUT2D eigenvalue weighted by atomic mass is 16.2. The van der Waals surface area contributed by atoms with Crippen LogP contribution < -0.4 is 11.1 Å². The fraction of sp³-hybridized carbons (Fsp3) is 0.263. The van der Waals surface area contributed by atoms with Gasteiger partial charge in [0.2, 0.25) is 5.91 Å². The van der Waals surface area contributed by atoms with Crippen LogP contribution in [0.25, 0.3) is 22.4 Å². The lowest BCUT2D eigenvalue weighted by Crippen LogP contribution is -2.44. The summed E-state index contributed by atoms with van der Waals surface area (Å²) >= 11 is 0. The highest BCUT2D eigenvalue weighted by Crippen LogP contribution is 2.33. The molecule has 3 aromatic rings. The molecule has 7 heteroatoms. The molecule has 4 rings (SSSR count). The van der Waals surface area contributed by atoms with Crippen molar-refractivity contribution in [3.8, 4) is 11.4 Å². The largest absolute Gasteiger partial charge is 0.368 e. The van der Waals surface area contributed by atoms with Crippen molar-refractivity contribution in [2.75, 3.05) is 0 Å². The van der Waals surface area contributed by atoms with Crippen LogP contribution in [0, 0.1) is 5.92 Å². The van der Waals surface area contributed by atoms with Gasteiger partial charge in [0, 0.05) is 23.5 Å². The fourth-order valence-electron chi connectivity index (χ4n) is 2.97. The summed E-state index contributed by atoms with van der Waals surface area (Å²) in [7, 11) is 0. The van der Waals surface area contributed by atoms with Gasteiger partial charge < -0.3 is 16.0 Å². The number of primary amides is 1. The van der Waals surface area contributed by atoms with Crippen molar-refractivity contribution in [3.05, 3.63) is 48.3 Å². The molecule has 26 heavy (non-hydrogen) atoms. The van der Waals surface area contributed by atoms with E-state index in [1.807, 2.05) is 12.1 Å². The third-order valence-corrected chi connectivity index (χ3v) is 4.61. The van der Waals surface area contributed by atoms with Crippen molar-refractivity contribution < 1.29 is 9.59 Å². The van der Waals surface area contributed by atoms with Gasteiger partial charge in [-0.25, -0.2) is 4.98 Å². The van der Waals surface area contributed by atoms with Crippen LogP contribution in [0.1, 0.15) is 29.6 Å². The Balaban J connectivity index is 1.56. The van der Waals surface area contributed by atoms with Crippen LogP contribution >= 0.6 is 0 Å². The second-order valence-corrected chi connectivity index (χ2v) is 6.66. The first-order valence-electron chi connectivity index (χ1n) is 8.60. The summed E-state index contributed by atoms with van der Waals surface area (Å²) in [6, 6.07) is 8.31. The first kappa shape index (κ1) is 16.3.